The molecule has 2 aromatic carbocycles. The first-order valence-corrected chi connectivity index (χ1v) is 5.92. The smallest absolute Gasteiger partial charge is 0.0780 e. The van der Waals surface area contributed by atoms with Crippen molar-refractivity contribution < 1.29 is 0 Å². The van der Waals surface area contributed by atoms with Crippen LogP contribution in [0.5, 0.6) is 0 Å². The molecule has 0 spiro atoms. The normalized spacial score (nSPS) is 10.2. The Morgan fingerprint density at radius 1 is 0.722 bits per heavy atom. The second kappa shape index (κ2) is 4.84. The Bertz CT molecular complexity index is 572. The van der Waals surface area contributed by atoms with Crippen LogP contribution in [0.1, 0.15) is 0 Å². The van der Waals surface area contributed by atoms with Crippen LogP contribution in [0.4, 0.5) is 0 Å². The van der Waals surface area contributed by atoms with Crippen molar-refractivity contribution in [2.45, 2.75) is 0 Å². The summed E-state index contributed by atoms with van der Waals surface area (Å²) in [6, 6.07) is 25.3. The van der Waals surface area contributed by atoms with Gasteiger partial charge in [-0.3, -0.25) is 4.98 Å². The molecule has 1 heteroatoms. The summed E-state index contributed by atoms with van der Waals surface area (Å²) in [5, 5.41) is 0. The molecule has 0 aliphatic rings. The molecule has 1 aromatic heterocycles. The third-order valence-electron chi connectivity index (χ3n) is 2.88. The van der Waals surface area contributed by atoms with Gasteiger partial charge >= 0.3 is 0 Å². The number of hydrogen-bond donors (Lipinski definition) is 0. The fourth-order valence-electron chi connectivity index (χ4n) is 2.03. The molecular weight excluding hydrogens is 218 g/mol. The standard InChI is InChI=1S/C17H12N/c1-3-8-14(9-4-1)16-12-7-13-18-17(16)15-10-5-2-6-11-15/h2-13H. The molecule has 18 heavy (non-hydrogen) atoms. The SMILES string of the molecule is [c]1ccc(-c2cccnc2-c2ccccc2)cc1. The van der Waals surface area contributed by atoms with Gasteiger partial charge < -0.3 is 0 Å². The largest absolute Gasteiger partial charge is 0.256 e. The zero-order valence-electron chi connectivity index (χ0n) is 9.88. The molecule has 0 aliphatic carbocycles. The number of pyridine rings is 1. The molecule has 0 bridgehead atoms. The summed E-state index contributed by atoms with van der Waals surface area (Å²) in [6.45, 7) is 0. The minimum atomic E-state index is 1.02. The summed E-state index contributed by atoms with van der Waals surface area (Å²) in [7, 11) is 0. The van der Waals surface area contributed by atoms with Crippen molar-refractivity contribution in [1.82, 2.24) is 4.98 Å². The Kier molecular flexibility index (Phi) is 2.89. The van der Waals surface area contributed by atoms with Gasteiger partial charge in [-0.05, 0) is 17.7 Å². The Morgan fingerprint density at radius 3 is 2.28 bits per heavy atom. The Morgan fingerprint density at radius 2 is 1.50 bits per heavy atom. The fraction of sp³-hybridized carbons (Fsp3) is 0. The van der Waals surface area contributed by atoms with Crippen LogP contribution in [-0.4, -0.2) is 4.98 Å². The lowest BCUT2D eigenvalue weighted by Crippen LogP contribution is -1.88. The highest BCUT2D eigenvalue weighted by atomic mass is 14.7. The molecule has 3 aromatic rings. The zero-order chi connectivity index (χ0) is 12.2. The van der Waals surface area contributed by atoms with E-state index in [2.05, 4.69) is 41.4 Å². The first-order valence-electron chi connectivity index (χ1n) is 5.92. The third-order valence-corrected chi connectivity index (χ3v) is 2.88. The average Bonchev–Trinajstić information content (AvgIpc) is 2.49. The molecule has 1 nitrogen and oxygen atoms in total. The highest BCUT2D eigenvalue weighted by molar-refractivity contribution is 5.80. The highest BCUT2D eigenvalue weighted by Gasteiger charge is 2.06. The van der Waals surface area contributed by atoms with E-state index in [9.17, 15) is 0 Å². The van der Waals surface area contributed by atoms with Gasteiger partial charge in [-0.15, -0.1) is 0 Å². The number of hydrogen-bond acceptors (Lipinski definition) is 1. The monoisotopic (exact) mass is 230 g/mol. The maximum Gasteiger partial charge on any atom is 0.0780 e. The van der Waals surface area contributed by atoms with Gasteiger partial charge in [0.05, 0.1) is 5.69 Å². The molecule has 0 N–H and O–H groups in total. The number of nitrogens with zero attached hydrogens (tertiary/aromatic N) is 1. The van der Waals surface area contributed by atoms with Gasteiger partial charge in [0, 0.05) is 17.3 Å². The zero-order valence-corrected chi connectivity index (χ0v) is 9.88. The van der Waals surface area contributed by atoms with Crippen LogP contribution in [0, 0.1) is 6.07 Å². The van der Waals surface area contributed by atoms with E-state index in [-0.39, 0.29) is 0 Å². The van der Waals surface area contributed by atoms with Crippen LogP contribution in [0.15, 0.2) is 72.9 Å². The van der Waals surface area contributed by atoms with Crippen LogP contribution in [0.25, 0.3) is 22.4 Å². The Labute approximate surface area is 107 Å². The van der Waals surface area contributed by atoms with Gasteiger partial charge in [-0.2, -0.15) is 0 Å². The van der Waals surface area contributed by atoms with Gasteiger partial charge in [0.1, 0.15) is 0 Å². The molecule has 0 amide bonds. The maximum absolute atomic E-state index is 4.52. The van der Waals surface area contributed by atoms with Crippen molar-refractivity contribution in [1.29, 1.82) is 0 Å². The van der Waals surface area contributed by atoms with E-state index < -0.39 is 0 Å². The van der Waals surface area contributed by atoms with Crippen molar-refractivity contribution in [2.24, 2.45) is 0 Å². The van der Waals surface area contributed by atoms with Crippen LogP contribution < -0.4 is 0 Å². The Balaban J connectivity index is 2.18. The lowest BCUT2D eigenvalue weighted by Gasteiger charge is -2.08. The molecule has 0 saturated heterocycles. The van der Waals surface area contributed by atoms with E-state index >= 15 is 0 Å². The van der Waals surface area contributed by atoms with Gasteiger partial charge in [-0.1, -0.05) is 60.7 Å². The topological polar surface area (TPSA) is 12.9 Å². The minimum absolute atomic E-state index is 1.02. The van der Waals surface area contributed by atoms with Crippen LogP contribution in [0.2, 0.25) is 0 Å². The first-order chi connectivity index (χ1) is 8.95. The molecule has 0 aliphatic heterocycles. The van der Waals surface area contributed by atoms with E-state index in [4.69, 9.17) is 0 Å². The molecule has 0 unspecified atom stereocenters. The molecule has 85 valence electrons. The molecule has 3 rings (SSSR count). The second-order valence-corrected chi connectivity index (χ2v) is 4.05. The fourth-order valence-corrected chi connectivity index (χ4v) is 2.03. The van der Waals surface area contributed by atoms with Crippen LogP contribution in [0.3, 0.4) is 0 Å². The summed E-state index contributed by atoms with van der Waals surface area (Å²) < 4.78 is 0. The summed E-state index contributed by atoms with van der Waals surface area (Å²) in [4.78, 5) is 4.52. The van der Waals surface area contributed by atoms with Gasteiger partial charge in [-0.25, -0.2) is 0 Å². The van der Waals surface area contributed by atoms with E-state index in [0.29, 0.717) is 0 Å². The molecular formula is C17H12N. The summed E-state index contributed by atoms with van der Waals surface area (Å²) in [5.74, 6) is 0. The molecule has 0 saturated carbocycles. The highest BCUT2D eigenvalue weighted by Crippen LogP contribution is 2.29. The van der Waals surface area contributed by atoms with Gasteiger partial charge in [0.25, 0.3) is 0 Å². The van der Waals surface area contributed by atoms with Crippen LogP contribution >= 0.6 is 0 Å². The summed E-state index contributed by atoms with van der Waals surface area (Å²) in [5.41, 5.74) is 4.48. The number of aromatic nitrogens is 1. The number of benzene rings is 2. The molecule has 1 radical (unpaired) electrons. The van der Waals surface area contributed by atoms with Crippen molar-refractivity contribution >= 4 is 0 Å². The van der Waals surface area contributed by atoms with Gasteiger partial charge in [0.15, 0.2) is 0 Å². The predicted octanol–water partition coefficient (Wildman–Crippen LogP) is 4.22. The van der Waals surface area contributed by atoms with Crippen LogP contribution in [-0.2, 0) is 0 Å². The lowest BCUT2D eigenvalue weighted by molar-refractivity contribution is 1.32. The van der Waals surface area contributed by atoms with E-state index in [0.717, 1.165) is 16.8 Å². The van der Waals surface area contributed by atoms with Gasteiger partial charge in [0.2, 0.25) is 0 Å². The van der Waals surface area contributed by atoms with E-state index in [1.807, 2.05) is 42.6 Å². The van der Waals surface area contributed by atoms with Crippen molar-refractivity contribution in [3.63, 3.8) is 0 Å². The summed E-state index contributed by atoms with van der Waals surface area (Å²) >= 11 is 0. The van der Waals surface area contributed by atoms with E-state index in [1.54, 1.807) is 0 Å². The minimum Gasteiger partial charge on any atom is -0.256 e. The van der Waals surface area contributed by atoms with Crippen molar-refractivity contribution in [3.05, 3.63) is 79.0 Å². The summed E-state index contributed by atoms with van der Waals surface area (Å²) in [6.07, 6.45) is 1.83. The maximum atomic E-state index is 4.52. The van der Waals surface area contributed by atoms with E-state index in [1.165, 1.54) is 5.56 Å². The Hall–Kier alpha value is -2.41. The number of rotatable bonds is 2. The third kappa shape index (κ3) is 2.03. The van der Waals surface area contributed by atoms with Crippen molar-refractivity contribution in [2.75, 3.05) is 0 Å². The molecule has 0 atom stereocenters. The predicted molar refractivity (Wildman–Crippen MR) is 73.9 cm³/mol. The molecule has 0 fully saturated rings. The molecule has 1 heterocycles. The van der Waals surface area contributed by atoms with Crippen molar-refractivity contribution in [3.8, 4) is 22.4 Å². The second-order valence-electron chi connectivity index (χ2n) is 4.05. The average molecular weight is 230 g/mol. The lowest BCUT2D eigenvalue weighted by atomic mass is 10.00. The first kappa shape index (κ1) is 10.7. The quantitative estimate of drug-likeness (QED) is 0.642.